The van der Waals surface area contributed by atoms with Crippen molar-refractivity contribution in [3.63, 3.8) is 0 Å². The van der Waals surface area contributed by atoms with Crippen molar-refractivity contribution in [2.45, 2.75) is 38.0 Å². The van der Waals surface area contributed by atoms with Crippen molar-refractivity contribution in [2.75, 3.05) is 6.54 Å². The highest BCUT2D eigenvalue weighted by molar-refractivity contribution is 7.38. The Morgan fingerprint density at radius 3 is 2.33 bits per heavy atom. The molecular weight excluding hydrogens is 230 g/mol. The molecule has 0 rings (SSSR count). The molecule has 0 spiro atoms. The van der Waals surface area contributed by atoms with Gasteiger partial charge in [0.05, 0.1) is 5.92 Å². The average Bonchev–Trinajstić information content (AvgIpc) is 2.09. The van der Waals surface area contributed by atoms with Gasteiger partial charge in [-0.1, -0.05) is 6.92 Å². The smallest absolute Gasteiger partial charge is 0.330 e. The van der Waals surface area contributed by atoms with E-state index >= 15 is 0 Å². The molecular formula is C8H16F3NO2P+. The summed E-state index contributed by atoms with van der Waals surface area (Å²) in [6.45, 7) is 1.34. The molecule has 3 N–H and O–H groups in total. The predicted octanol–water partition coefficient (Wildman–Crippen LogP) is 2.42. The highest BCUT2D eigenvalue weighted by Crippen LogP contribution is 2.37. The second-order valence-electron chi connectivity index (χ2n) is 3.57. The molecule has 0 saturated heterocycles. The van der Waals surface area contributed by atoms with Gasteiger partial charge in [0.25, 0.3) is 0 Å². The molecule has 3 nitrogen and oxygen atoms in total. The van der Waals surface area contributed by atoms with Crippen molar-refractivity contribution < 1.29 is 22.6 Å². The Morgan fingerprint density at radius 1 is 1.47 bits per heavy atom. The van der Waals surface area contributed by atoms with Gasteiger partial charge in [0.15, 0.2) is 5.66 Å². The molecule has 0 bridgehead atoms. The molecule has 0 amide bonds. The minimum atomic E-state index is -4.30. The SMILES string of the molecule is CC(CC(CCCN)[P+](=O)O)C(F)(F)F. The zero-order chi connectivity index (χ0) is 12.1. The molecule has 0 aliphatic rings. The van der Waals surface area contributed by atoms with E-state index in [4.69, 9.17) is 10.6 Å². The van der Waals surface area contributed by atoms with E-state index in [1.807, 2.05) is 0 Å². The van der Waals surface area contributed by atoms with Crippen LogP contribution in [0.4, 0.5) is 13.2 Å². The third kappa shape index (κ3) is 6.07. The van der Waals surface area contributed by atoms with Crippen molar-refractivity contribution in [1.29, 1.82) is 0 Å². The molecule has 90 valence electrons. The summed E-state index contributed by atoms with van der Waals surface area (Å²) in [5.74, 6) is -1.55. The van der Waals surface area contributed by atoms with E-state index in [2.05, 4.69) is 0 Å². The molecule has 3 atom stereocenters. The summed E-state index contributed by atoms with van der Waals surface area (Å²) in [7, 11) is -2.56. The summed E-state index contributed by atoms with van der Waals surface area (Å²) >= 11 is 0. The summed E-state index contributed by atoms with van der Waals surface area (Å²) in [5, 5.41) is 0. The maximum Gasteiger partial charge on any atom is 0.508 e. The Morgan fingerprint density at radius 2 is 2.00 bits per heavy atom. The summed E-state index contributed by atoms with van der Waals surface area (Å²) < 4.78 is 47.4. The summed E-state index contributed by atoms with van der Waals surface area (Å²) in [6.07, 6.45) is -3.87. The Hall–Kier alpha value is -0.190. The molecule has 0 saturated carbocycles. The first-order valence-corrected chi connectivity index (χ1v) is 5.99. The van der Waals surface area contributed by atoms with Crippen LogP contribution in [-0.4, -0.2) is 23.3 Å². The maximum absolute atomic E-state index is 12.2. The van der Waals surface area contributed by atoms with Crippen molar-refractivity contribution in [3.05, 3.63) is 0 Å². The fourth-order valence-corrected chi connectivity index (χ4v) is 2.11. The molecule has 7 heteroatoms. The van der Waals surface area contributed by atoms with Gasteiger partial charge in [-0.15, -0.1) is 0 Å². The van der Waals surface area contributed by atoms with Gasteiger partial charge in [0, 0.05) is 6.42 Å². The molecule has 0 aromatic heterocycles. The number of hydrogen-bond donors (Lipinski definition) is 2. The Bertz CT molecular complexity index is 211. The molecule has 0 aliphatic heterocycles. The van der Waals surface area contributed by atoms with Crippen LogP contribution in [0.3, 0.4) is 0 Å². The molecule has 0 aliphatic carbocycles. The van der Waals surface area contributed by atoms with Crippen LogP contribution in [0.5, 0.6) is 0 Å². The monoisotopic (exact) mass is 246 g/mol. The Kier molecular flexibility index (Phi) is 6.32. The van der Waals surface area contributed by atoms with Crippen molar-refractivity contribution >= 4 is 8.03 Å². The molecule has 0 aromatic carbocycles. The first kappa shape index (κ1) is 14.8. The lowest BCUT2D eigenvalue weighted by atomic mass is 10.0. The zero-order valence-electron chi connectivity index (χ0n) is 8.50. The predicted molar refractivity (Wildman–Crippen MR) is 51.7 cm³/mol. The normalized spacial score (nSPS) is 17.3. The van der Waals surface area contributed by atoms with E-state index in [1.165, 1.54) is 0 Å². The lowest BCUT2D eigenvalue weighted by Crippen LogP contribution is -2.24. The molecule has 0 aromatic rings. The van der Waals surface area contributed by atoms with Crippen LogP contribution in [0.25, 0.3) is 0 Å². The standard InChI is InChI=1S/C8H15F3NO2P/c1-6(8(9,10)11)5-7(15(13)14)3-2-4-12/h6-7H,2-5,12H2,1H3/p+1. The lowest BCUT2D eigenvalue weighted by Gasteiger charge is -2.15. The van der Waals surface area contributed by atoms with Crippen LogP contribution in [-0.2, 0) is 4.57 Å². The largest absolute Gasteiger partial charge is 0.508 e. The quantitative estimate of drug-likeness (QED) is 0.707. The van der Waals surface area contributed by atoms with Gasteiger partial charge in [-0.25, -0.2) is 0 Å². The average molecular weight is 246 g/mol. The number of rotatable bonds is 6. The maximum atomic E-state index is 12.2. The first-order valence-electron chi connectivity index (χ1n) is 4.71. The Balaban J connectivity index is 4.22. The van der Waals surface area contributed by atoms with Crippen LogP contribution in [0.1, 0.15) is 26.2 Å². The second-order valence-corrected chi connectivity index (χ2v) is 4.90. The third-order valence-electron chi connectivity index (χ3n) is 2.24. The van der Waals surface area contributed by atoms with Gasteiger partial charge in [0.1, 0.15) is 0 Å². The van der Waals surface area contributed by atoms with Gasteiger partial charge in [-0.3, -0.25) is 0 Å². The van der Waals surface area contributed by atoms with E-state index in [0.29, 0.717) is 13.0 Å². The molecule has 15 heavy (non-hydrogen) atoms. The van der Waals surface area contributed by atoms with Crippen molar-refractivity contribution in [2.24, 2.45) is 11.7 Å². The number of nitrogens with two attached hydrogens (primary N) is 1. The van der Waals surface area contributed by atoms with E-state index in [9.17, 15) is 17.7 Å². The van der Waals surface area contributed by atoms with Gasteiger partial charge < -0.3 is 5.73 Å². The zero-order valence-corrected chi connectivity index (χ0v) is 9.39. The fourth-order valence-electron chi connectivity index (χ4n) is 1.21. The van der Waals surface area contributed by atoms with Crippen LogP contribution >= 0.6 is 8.03 Å². The highest BCUT2D eigenvalue weighted by atomic mass is 31.1. The lowest BCUT2D eigenvalue weighted by molar-refractivity contribution is -0.171. The molecule has 0 fully saturated rings. The van der Waals surface area contributed by atoms with Crippen LogP contribution in [0.2, 0.25) is 0 Å². The molecule has 3 unspecified atom stereocenters. The van der Waals surface area contributed by atoms with Crippen molar-refractivity contribution in [1.82, 2.24) is 0 Å². The van der Waals surface area contributed by atoms with Crippen molar-refractivity contribution in [3.8, 4) is 0 Å². The first-order chi connectivity index (χ1) is 6.79. The van der Waals surface area contributed by atoms with Gasteiger partial charge in [-0.2, -0.15) is 18.1 Å². The molecule has 0 heterocycles. The minimum Gasteiger partial charge on any atom is -0.330 e. The van der Waals surface area contributed by atoms with E-state index in [-0.39, 0.29) is 12.8 Å². The molecule has 0 radical (unpaired) electrons. The number of alkyl halides is 3. The van der Waals surface area contributed by atoms with E-state index in [1.54, 1.807) is 0 Å². The summed E-state index contributed by atoms with van der Waals surface area (Å²) in [5.41, 5.74) is 4.39. The van der Waals surface area contributed by atoms with Crippen LogP contribution < -0.4 is 5.73 Å². The van der Waals surface area contributed by atoms with E-state index in [0.717, 1.165) is 6.92 Å². The Labute approximate surface area is 87.7 Å². The minimum absolute atomic E-state index is 0.266. The van der Waals surface area contributed by atoms with Crippen LogP contribution in [0, 0.1) is 5.92 Å². The highest BCUT2D eigenvalue weighted by Gasteiger charge is 2.41. The second kappa shape index (κ2) is 6.40. The number of hydrogen-bond acceptors (Lipinski definition) is 2. The van der Waals surface area contributed by atoms with Gasteiger partial charge >= 0.3 is 14.2 Å². The fraction of sp³-hybridized carbons (Fsp3) is 1.00. The summed E-state index contributed by atoms with van der Waals surface area (Å²) in [6, 6.07) is 0. The number of halogens is 3. The van der Waals surface area contributed by atoms with Gasteiger partial charge in [-0.05, 0) is 24.0 Å². The topological polar surface area (TPSA) is 63.3 Å². The summed E-state index contributed by atoms with van der Waals surface area (Å²) in [4.78, 5) is 8.85. The van der Waals surface area contributed by atoms with Crippen LogP contribution in [0.15, 0.2) is 0 Å². The third-order valence-corrected chi connectivity index (χ3v) is 3.33. The van der Waals surface area contributed by atoms with Gasteiger partial charge in [0.2, 0.25) is 0 Å². The van der Waals surface area contributed by atoms with E-state index < -0.39 is 25.8 Å².